The molecule has 1 saturated heterocycles. The Kier molecular flexibility index (Phi) is 3.17. The predicted molar refractivity (Wildman–Crippen MR) is 78.7 cm³/mol. The van der Waals surface area contributed by atoms with Crippen molar-refractivity contribution in [1.82, 2.24) is 5.32 Å². The molecule has 3 rings (SSSR count). The molecule has 2 aromatic rings. The lowest BCUT2D eigenvalue weighted by atomic mass is 10.1. The highest BCUT2D eigenvalue weighted by Crippen LogP contribution is 2.28. The smallest absolute Gasteiger partial charge is 0.249 e. The molecule has 2 N–H and O–H groups in total. The average molecular weight is 370 g/mol. The SMILES string of the molecule is O=C1CCC(Nc2coc3ccc(I)cc23)C(=O)N1. The van der Waals surface area contributed by atoms with Crippen molar-refractivity contribution in [2.75, 3.05) is 5.32 Å². The van der Waals surface area contributed by atoms with E-state index < -0.39 is 6.04 Å². The van der Waals surface area contributed by atoms with Gasteiger partial charge in [0, 0.05) is 15.4 Å². The minimum absolute atomic E-state index is 0.213. The van der Waals surface area contributed by atoms with Crippen LogP contribution in [0.3, 0.4) is 0 Å². The Hall–Kier alpha value is -1.57. The molecule has 2 heterocycles. The number of carbonyl (C=O) groups excluding carboxylic acids is 2. The summed E-state index contributed by atoms with van der Waals surface area (Å²) in [5.74, 6) is -0.495. The van der Waals surface area contributed by atoms with Gasteiger partial charge in [-0.3, -0.25) is 14.9 Å². The van der Waals surface area contributed by atoms with E-state index in [4.69, 9.17) is 4.42 Å². The normalized spacial score (nSPS) is 19.5. The lowest BCUT2D eigenvalue weighted by molar-refractivity contribution is -0.133. The van der Waals surface area contributed by atoms with Gasteiger partial charge in [0.25, 0.3) is 0 Å². The van der Waals surface area contributed by atoms with Gasteiger partial charge in [0.2, 0.25) is 11.8 Å². The molecule has 1 aliphatic rings. The molecule has 19 heavy (non-hydrogen) atoms. The van der Waals surface area contributed by atoms with Crippen molar-refractivity contribution in [3.8, 4) is 0 Å². The highest BCUT2D eigenvalue weighted by molar-refractivity contribution is 14.1. The molecule has 1 atom stereocenters. The molecule has 0 aliphatic carbocycles. The highest BCUT2D eigenvalue weighted by atomic mass is 127. The van der Waals surface area contributed by atoms with Crippen LogP contribution in [0.2, 0.25) is 0 Å². The first-order chi connectivity index (χ1) is 9.13. The fourth-order valence-corrected chi connectivity index (χ4v) is 2.62. The second kappa shape index (κ2) is 4.84. The third kappa shape index (κ3) is 2.44. The Morgan fingerprint density at radius 1 is 1.37 bits per heavy atom. The molecule has 0 radical (unpaired) electrons. The van der Waals surface area contributed by atoms with Gasteiger partial charge in [-0.2, -0.15) is 0 Å². The van der Waals surface area contributed by atoms with Crippen LogP contribution in [0.15, 0.2) is 28.9 Å². The van der Waals surface area contributed by atoms with E-state index >= 15 is 0 Å². The molecule has 1 aromatic heterocycles. The maximum Gasteiger partial charge on any atom is 0.249 e. The summed E-state index contributed by atoms with van der Waals surface area (Å²) in [6.07, 6.45) is 2.46. The molecule has 0 saturated carbocycles. The van der Waals surface area contributed by atoms with Gasteiger partial charge < -0.3 is 9.73 Å². The number of amides is 2. The Balaban J connectivity index is 1.87. The molecule has 0 spiro atoms. The standard InChI is InChI=1S/C13H11IN2O3/c14-7-1-3-11-8(5-7)10(6-19-11)15-9-2-4-12(17)16-13(9)18/h1,3,5-6,9,15H,2,4H2,(H,16,17,18). The Morgan fingerprint density at radius 3 is 3.00 bits per heavy atom. The Bertz CT molecular complexity index is 665. The van der Waals surface area contributed by atoms with E-state index in [9.17, 15) is 9.59 Å². The number of imide groups is 1. The first kappa shape index (κ1) is 12.5. The number of carbonyl (C=O) groups is 2. The lowest BCUT2D eigenvalue weighted by Crippen LogP contribution is -2.47. The van der Waals surface area contributed by atoms with Crippen LogP contribution in [-0.4, -0.2) is 17.9 Å². The summed E-state index contributed by atoms with van der Waals surface area (Å²) >= 11 is 2.23. The molecule has 2 amide bonds. The summed E-state index contributed by atoms with van der Waals surface area (Å²) in [7, 11) is 0. The van der Waals surface area contributed by atoms with Crippen molar-refractivity contribution in [3.63, 3.8) is 0 Å². The van der Waals surface area contributed by atoms with E-state index in [1.807, 2.05) is 18.2 Å². The molecular weight excluding hydrogens is 359 g/mol. The monoisotopic (exact) mass is 370 g/mol. The van der Waals surface area contributed by atoms with Gasteiger partial charge in [-0.05, 0) is 47.2 Å². The number of furan rings is 1. The van der Waals surface area contributed by atoms with Crippen molar-refractivity contribution in [2.45, 2.75) is 18.9 Å². The molecule has 98 valence electrons. The van der Waals surface area contributed by atoms with Crippen LogP contribution in [0, 0.1) is 3.57 Å². The average Bonchev–Trinajstić information content (AvgIpc) is 2.75. The molecule has 1 aliphatic heterocycles. The fraction of sp³-hybridized carbons (Fsp3) is 0.231. The maximum absolute atomic E-state index is 11.7. The number of halogens is 1. The number of nitrogens with one attached hydrogen (secondary N) is 2. The molecule has 1 unspecified atom stereocenters. The quantitative estimate of drug-likeness (QED) is 0.629. The number of fused-ring (bicyclic) bond motifs is 1. The highest BCUT2D eigenvalue weighted by Gasteiger charge is 2.27. The second-order valence-corrected chi connectivity index (χ2v) is 5.68. The van der Waals surface area contributed by atoms with Crippen molar-refractivity contribution in [1.29, 1.82) is 0 Å². The Morgan fingerprint density at radius 2 is 2.21 bits per heavy atom. The largest absolute Gasteiger partial charge is 0.462 e. The van der Waals surface area contributed by atoms with E-state index in [-0.39, 0.29) is 11.8 Å². The van der Waals surface area contributed by atoms with Gasteiger partial charge in [-0.1, -0.05) is 0 Å². The number of benzene rings is 1. The zero-order chi connectivity index (χ0) is 13.4. The van der Waals surface area contributed by atoms with Crippen molar-refractivity contribution in [2.24, 2.45) is 0 Å². The van der Waals surface area contributed by atoms with Gasteiger partial charge >= 0.3 is 0 Å². The molecular formula is C13H11IN2O3. The van der Waals surface area contributed by atoms with E-state index in [1.165, 1.54) is 0 Å². The minimum atomic E-state index is -0.392. The van der Waals surface area contributed by atoms with Crippen LogP contribution < -0.4 is 10.6 Å². The predicted octanol–water partition coefficient (Wildman–Crippen LogP) is 2.25. The van der Waals surface area contributed by atoms with Crippen LogP contribution >= 0.6 is 22.6 Å². The van der Waals surface area contributed by atoms with Gasteiger partial charge in [0.1, 0.15) is 17.9 Å². The summed E-state index contributed by atoms with van der Waals surface area (Å²) in [5, 5.41) is 6.41. The van der Waals surface area contributed by atoms with E-state index in [2.05, 4.69) is 33.2 Å². The van der Waals surface area contributed by atoms with E-state index in [1.54, 1.807) is 6.26 Å². The fourth-order valence-electron chi connectivity index (χ4n) is 2.13. The zero-order valence-corrected chi connectivity index (χ0v) is 12.1. The topological polar surface area (TPSA) is 71.3 Å². The van der Waals surface area contributed by atoms with E-state index in [0.29, 0.717) is 12.8 Å². The molecule has 1 fully saturated rings. The Labute approximate surface area is 122 Å². The summed E-state index contributed by atoms with van der Waals surface area (Å²) in [5.41, 5.74) is 1.55. The van der Waals surface area contributed by atoms with Crippen LogP contribution in [-0.2, 0) is 9.59 Å². The van der Waals surface area contributed by atoms with E-state index in [0.717, 1.165) is 20.2 Å². The van der Waals surface area contributed by atoms with Gasteiger partial charge in [-0.25, -0.2) is 0 Å². The third-order valence-electron chi connectivity index (χ3n) is 3.10. The van der Waals surface area contributed by atoms with Crippen LogP contribution in [0.4, 0.5) is 5.69 Å². The van der Waals surface area contributed by atoms with Gasteiger partial charge in [0.15, 0.2) is 0 Å². The number of hydrogen-bond acceptors (Lipinski definition) is 4. The van der Waals surface area contributed by atoms with Crippen LogP contribution in [0.25, 0.3) is 11.0 Å². The minimum Gasteiger partial charge on any atom is -0.462 e. The number of hydrogen-bond donors (Lipinski definition) is 2. The molecule has 6 heteroatoms. The van der Waals surface area contributed by atoms with Crippen LogP contribution in [0.5, 0.6) is 0 Å². The molecule has 1 aromatic carbocycles. The van der Waals surface area contributed by atoms with Crippen molar-refractivity contribution < 1.29 is 14.0 Å². The summed E-state index contributed by atoms with van der Waals surface area (Å²) in [4.78, 5) is 22.8. The summed E-state index contributed by atoms with van der Waals surface area (Å²) < 4.78 is 6.53. The molecule has 5 nitrogen and oxygen atoms in total. The lowest BCUT2D eigenvalue weighted by Gasteiger charge is -2.22. The van der Waals surface area contributed by atoms with Gasteiger partial charge in [0.05, 0.1) is 5.69 Å². The van der Waals surface area contributed by atoms with Crippen molar-refractivity contribution >= 4 is 51.1 Å². The third-order valence-corrected chi connectivity index (χ3v) is 3.78. The molecule has 0 bridgehead atoms. The maximum atomic E-state index is 11.7. The summed E-state index contributed by atoms with van der Waals surface area (Å²) in [6, 6.07) is 5.46. The summed E-state index contributed by atoms with van der Waals surface area (Å²) in [6.45, 7) is 0. The second-order valence-electron chi connectivity index (χ2n) is 4.44. The van der Waals surface area contributed by atoms with Crippen LogP contribution in [0.1, 0.15) is 12.8 Å². The number of anilines is 1. The first-order valence-corrected chi connectivity index (χ1v) is 6.98. The zero-order valence-electron chi connectivity index (χ0n) is 9.90. The first-order valence-electron chi connectivity index (χ1n) is 5.90. The van der Waals surface area contributed by atoms with Crippen molar-refractivity contribution in [3.05, 3.63) is 28.0 Å². The number of piperidine rings is 1. The number of rotatable bonds is 2. The van der Waals surface area contributed by atoms with Gasteiger partial charge in [-0.15, -0.1) is 0 Å².